The molecule has 0 aliphatic carbocycles. The summed E-state index contributed by atoms with van der Waals surface area (Å²) in [6.07, 6.45) is 4.66. The molecule has 28 heavy (non-hydrogen) atoms. The van der Waals surface area contributed by atoms with E-state index in [-0.39, 0.29) is 11.5 Å². The van der Waals surface area contributed by atoms with E-state index in [0.29, 0.717) is 32.9 Å². The molecule has 0 radical (unpaired) electrons. The molecule has 0 N–H and O–H groups in total. The maximum Gasteiger partial charge on any atom is 0.265 e. The van der Waals surface area contributed by atoms with Crippen LogP contribution in [0.3, 0.4) is 0 Å². The van der Waals surface area contributed by atoms with Crippen molar-refractivity contribution in [1.82, 2.24) is 14.5 Å². The lowest BCUT2D eigenvalue weighted by Gasteiger charge is -2.26. The Hall–Kier alpha value is -2.86. The van der Waals surface area contributed by atoms with E-state index in [1.807, 2.05) is 4.90 Å². The van der Waals surface area contributed by atoms with E-state index in [0.717, 1.165) is 32.4 Å². The van der Waals surface area contributed by atoms with Crippen LogP contribution in [-0.4, -0.2) is 40.6 Å². The number of carbonyl (C=O) groups excluding carboxylic acids is 1. The number of methoxy groups -OCH3 is 1. The van der Waals surface area contributed by atoms with Crippen LogP contribution in [0.5, 0.6) is 5.75 Å². The Kier molecular flexibility index (Phi) is 5.05. The number of carbonyl (C=O) groups is 1. The topological polar surface area (TPSA) is 64.4 Å². The van der Waals surface area contributed by atoms with Crippen LogP contribution < -0.4 is 10.3 Å². The van der Waals surface area contributed by atoms with Gasteiger partial charge in [0.1, 0.15) is 12.1 Å². The Morgan fingerprint density at radius 3 is 2.64 bits per heavy atom. The second-order valence-electron chi connectivity index (χ2n) is 6.82. The van der Waals surface area contributed by atoms with Gasteiger partial charge in [0.25, 0.3) is 11.5 Å². The largest absolute Gasteiger partial charge is 0.495 e. The highest BCUT2D eigenvalue weighted by molar-refractivity contribution is 6.30. The molecule has 3 aromatic rings. The van der Waals surface area contributed by atoms with Crippen molar-refractivity contribution in [1.29, 1.82) is 0 Å². The first-order chi connectivity index (χ1) is 13.6. The molecule has 0 bridgehead atoms. The van der Waals surface area contributed by atoms with Crippen LogP contribution >= 0.6 is 11.6 Å². The number of benzene rings is 2. The summed E-state index contributed by atoms with van der Waals surface area (Å²) < 4.78 is 6.75. The maximum atomic E-state index is 13.0. The minimum absolute atomic E-state index is 0.0101. The molecule has 1 aliphatic rings. The van der Waals surface area contributed by atoms with Crippen LogP contribution in [0.15, 0.2) is 47.5 Å². The Morgan fingerprint density at radius 2 is 1.89 bits per heavy atom. The van der Waals surface area contributed by atoms with Gasteiger partial charge in [-0.3, -0.25) is 14.2 Å². The van der Waals surface area contributed by atoms with E-state index in [1.165, 1.54) is 18.0 Å². The van der Waals surface area contributed by atoms with Crippen LogP contribution in [0.2, 0.25) is 5.02 Å². The van der Waals surface area contributed by atoms with Gasteiger partial charge < -0.3 is 9.64 Å². The van der Waals surface area contributed by atoms with Crippen LogP contribution in [-0.2, 0) is 0 Å². The van der Waals surface area contributed by atoms with Crippen molar-refractivity contribution in [2.24, 2.45) is 0 Å². The molecule has 6 nitrogen and oxygen atoms in total. The molecule has 1 aliphatic heterocycles. The molecule has 0 spiro atoms. The highest BCUT2D eigenvalue weighted by Gasteiger charge is 2.19. The predicted molar refractivity (Wildman–Crippen MR) is 109 cm³/mol. The highest BCUT2D eigenvalue weighted by atomic mass is 35.5. The molecule has 2 aromatic carbocycles. The first-order valence-corrected chi connectivity index (χ1v) is 9.61. The van der Waals surface area contributed by atoms with Crippen molar-refractivity contribution >= 4 is 28.4 Å². The maximum absolute atomic E-state index is 13.0. The Morgan fingerprint density at radius 1 is 1.11 bits per heavy atom. The molecule has 0 atom stereocenters. The summed E-state index contributed by atoms with van der Waals surface area (Å²) in [6.45, 7) is 1.56. The fourth-order valence-electron chi connectivity index (χ4n) is 3.56. The number of ether oxygens (including phenoxy) is 1. The molecule has 1 fully saturated rings. The second kappa shape index (κ2) is 7.64. The number of rotatable bonds is 3. The van der Waals surface area contributed by atoms with Gasteiger partial charge in [-0.15, -0.1) is 0 Å². The molecule has 1 amide bonds. The number of halogens is 1. The Labute approximate surface area is 167 Å². The molecule has 0 unspecified atom stereocenters. The minimum atomic E-state index is -0.248. The van der Waals surface area contributed by atoms with Gasteiger partial charge in [-0.05, 0) is 55.7 Å². The van der Waals surface area contributed by atoms with Crippen LogP contribution in [0, 0.1) is 0 Å². The number of amides is 1. The monoisotopic (exact) mass is 397 g/mol. The average molecular weight is 398 g/mol. The third-order valence-electron chi connectivity index (χ3n) is 5.05. The molecule has 7 heteroatoms. The van der Waals surface area contributed by atoms with Crippen molar-refractivity contribution in [2.75, 3.05) is 20.2 Å². The molecule has 0 saturated carbocycles. The smallest absolute Gasteiger partial charge is 0.265 e. The molecule has 2 heterocycles. The standard InChI is InChI=1S/C21H20ClN3O3/c1-28-19-8-6-15(22)12-18(19)25-13-23-17-11-14(5-7-16(17)21(25)27)20(26)24-9-3-2-4-10-24/h5-8,11-13H,2-4,9-10H2,1H3. The SMILES string of the molecule is COc1ccc(Cl)cc1-n1cnc2cc(C(=O)N3CCCCC3)ccc2c1=O. The van der Waals surface area contributed by atoms with Crippen LogP contribution in [0.25, 0.3) is 16.6 Å². The van der Waals surface area contributed by atoms with Crippen molar-refractivity contribution < 1.29 is 9.53 Å². The average Bonchev–Trinajstić information content (AvgIpc) is 2.74. The fourth-order valence-corrected chi connectivity index (χ4v) is 3.72. The van der Waals surface area contributed by atoms with Crippen molar-refractivity contribution in [3.05, 3.63) is 63.7 Å². The van der Waals surface area contributed by atoms with E-state index in [2.05, 4.69) is 4.98 Å². The van der Waals surface area contributed by atoms with Gasteiger partial charge in [0.2, 0.25) is 0 Å². The van der Waals surface area contributed by atoms with Gasteiger partial charge in [-0.2, -0.15) is 0 Å². The lowest BCUT2D eigenvalue weighted by molar-refractivity contribution is 0.0724. The number of aromatic nitrogens is 2. The summed E-state index contributed by atoms with van der Waals surface area (Å²) in [6, 6.07) is 10.1. The summed E-state index contributed by atoms with van der Waals surface area (Å²) in [5.74, 6) is 0.508. The number of nitrogens with zero attached hydrogens (tertiary/aromatic N) is 3. The van der Waals surface area contributed by atoms with E-state index in [4.69, 9.17) is 16.3 Å². The third kappa shape index (κ3) is 3.36. The zero-order chi connectivity index (χ0) is 19.7. The lowest BCUT2D eigenvalue weighted by Crippen LogP contribution is -2.35. The first kappa shape index (κ1) is 18.5. The van der Waals surface area contributed by atoms with Gasteiger partial charge in [0.05, 0.1) is 23.7 Å². The number of hydrogen-bond donors (Lipinski definition) is 0. The normalized spacial score (nSPS) is 14.3. The number of hydrogen-bond acceptors (Lipinski definition) is 4. The van der Waals surface area contributed by atoms with Gasteiger partial charge in [0, 0.05) is 23.7 Å². The molecule has 1 saturated heterocycles. The first-order valence-electron chi connectivity index (χ1n) is 9.23. The second-order valence-corrected chi connectivity index (χ2v) is 7.26. The number of fused-ring (bicyclic) bond motifs is 1. The third-order valence-corrected chi connectivity index (χ3v) is 5.28. The summed E-state index contributed by atoms with van der Waals surface area (Å²) in [4.78, 5) is 32.0. The molecule has 4 rings (SSSR count). The lowest BCUT2D eigenvalue weighted by atomic mass is 10.1. The van der Waals surface area contributed by atoms with Gasteiger partial charge in [0.15, 0.2) is 0 Å². The minimum Gasteiger partial charge on any atom is -0.495 e. The van der Waals surface area contributed by atoms with Crippen LogP contribution in [0.4, 0.5) is 0 Å². The Balaban J connectivity index is 1.76. The summed E-state index contributed by atoms with van der Waals surface area (Å²) >= 11 is 6.09. The summed E-state index contributed by atoms with van der Waals surface area (Å²) in [5.41, 5.74) is 1.31. The number of likely N-dealkylation sites (tertiary alicyclic amines) is 1. The molecular weight excluding hydrogens is 378 g/mol. The predicted octanol–water partition coefficient (Wildman–Crippen LogP) is 3.67. The fraction of sp³-hybridized carbons (Fsp3) is 0.286. The zero-order valence-corrected chi connectivity index (χ0v) is 16.3. The summed E-state index contributed by atoms with van der Waals surface area (Å²) in [5, 5.41) is 0.921. The van der Waals surface area contributed by atoms with E-state index >= 15 is 0 Å². The van der Waals surface area contributed by atoms with Gasteiger partial charge in [-0.25, -0.2) is 4.98 Å². The van der Waals surface area contributed by atoms with Gasteiger partial charge >= 0.3 is 0 Å². The van der Waals surface area contributed by atoms with Crippen molar-refractivity contribution in [3.63, 3.8) is 0 Å². The van der Waals surface area contributed by atoms with Crippen molar-refractivity contribution in [2.45, 2.75) is 19.3 Å². The number of piperidine rings is 1. The van der Waals surface area contributed by atoms with E-state index in [1.54, 1.807) is 36.4 Å². The Bertz CT molecular complexity index is 1100. The highest BCUT2D eigenvalue weighted by Crippen LogP contribution is 2.26. The van der Waals surface area contributed by atoms with Crippen molar-refractivity contribution in [3.8, 4) is 11.4 Å². The van der Waals surface area contributed by atoms with Crippen LogP contribution in [0.1, 0.15) is 29.6 Å². The molecule has 1 aromatic heterocycles. The molecule has 144 valence electrons. The zero-order valence-electron chi connectivity index (χ0n) is 15.5. The quantitative estimate of drug-likeness (QED) is 0.676. The van der Waals surface area contributed by atoms with E-state index < -0.39 is 0 Å². The van der Waals surface area contributed by atoms with Gasteiger partial charge in [-0.1, -0.05) is 11.6 Å². The summed E-state index contributed by atoms with van der Waals surface area (Å²) in [7, 11) is 1.53. The van der Waals surface area contributed by atoms with E-state index in [9.17, 15) is 9.59 Å². The molecular formula is C21H20ClN3O3.